The van der Waals surface area contributed by atoms with Crippen LogP contribution in [0.3, 0.4) is 0 Å². The number of thiophene rings is 1. The average Bonchev–Trinajstić information content (AvgIpc) is 3.06. The molecule has 1 aliphatic heterocycles. The van der Waals surface area contributed by atoms with E-state index in [2.05, 4.69) is 12.2 Å². The van der Waals surface area contributed by atoms with Gasteiger partial charge in [-0.2, -0.15) is 0 Å². The fourth-order valence-corrected chi connectivity index (χ4v) is 3.18. The van der Waals surface area contributed by atoms with Gasteiger partial charge in [0.05, 0.1) is 0 Å². The highest BCUT2D eigenvalue weighted by atomic mass is 32.1. The second-order valence-electron chi connectivity index (χ2n) is 5.50. The van der Waals surface area contributed by atoms with Gasteiger partial charge in [0.25, 0.3) is 5.91 Å². The van der Waals surface area contributed by atoms with Crippen molar-refractivity contribution in [1.29, 1.82) is 0 Å². The predicted octanol–water partition coefficient (Wildman–Crippen LogP) is 2.76. The number of carbonyl (C=O) groups is 1. The van der Waals surface area contributed by atoms with Crippen LogP contribution in [-0.4, -0.2) is 36.5 Å². The van der Waals surface area contributed by atoms with Crippen LogP contribution < -0.4 is 10.1 Å². The lowest BCUT2D eigenvalue weighted by Gasteiger charge is -2.32. The Hall–Kier alpha value is -1.85. The van der Waals surface area contributed by atoms with Gasteiger partial charge in [0.15, 0.2) is 0 Å². The topological polar surface area (TPSA) is 41.6 Å². The Bertz CT molecular complexity index is 627. The smallest absolute Gasteiger partial charge is 0.254 e. The molecule has 1 atom stereocenters. The summed E-state index contributed by atoms with van der Waals surface area (Å²) in [6.45, 7) is 4.99. The molecular formula is C17H20N2O2S. The zero-order valence-electron chi connectivity index (χ0n) is 12.6. The van der Waals surface area contributed by atoms with Crippen molar-refractivity contribution in [2.45, 2.75) is 19.6 Å². The number of carbonyl (C=O) groups excluding carboxylic acids is 1. The Morgan fingerprint density at radius 1 is 1.41 bits per heavy atom. The van der Waals surface area contributed by atoms with Gasteiger partial charge < -0.3 is 15.0 Å². The number of hydrogen-bond donors (Lipinski definition) is 1. The number of rotatable bonds is 4. The third kappa shape index (κ3) is 3.67. The van der Waals surface area contributed by atoms with Crippen molar-refractivity contribution in [1.82, 2.24) is 10.2 Å². The highest BCUT2D eigenvalue weighted by Gasteiger charge is 2.21. The van der Waals surface area contributed by atoms with Crippen molar-refractivity contribution in [3.8, 4) is 5.75 Å². The summed E-state index contributed by atoms with van der Waals surface area (Å²) in [4.78, 5) is 15.7. The summed E-state index contributed by atoms with van der Waals surface area (Å²) in [5.41, 5.74) is 0.692. The quantitative estimate of drug-likeness (QED) is 0.943. The van der Waals surface area contributed by atoms with Crippen molar-refractivity contribution >= 4 is 17.2 Å². The molecule has 0 aliphatic carbocycles. The van der Waals surface area contributed by atoms with Crippen LogP contribution in [0.25, 0.3) is 0 Å². The number of benzene rings is 1. The summed E-state index contributed by atoms with van der Waals surface area (Å²) < 4.78 is 5.78. The highest BCUT2D eigenvalue weighted by Crippen LogP contribution is 2.18. The van der Waals surface area contributed by atoms with Crippen LogP contribution in [-0.2, 0) is 6.61 Å². The lowest BCUT2D eigenvalue weighted by Crippen LogP contribution is -2.51. The standard InChI is InChI=1S/C17H20N2O2S/c1-13-11-19(8-7-18-13)17(20)14-4-2-5-15(10-14)21-12-16-6-3-9-22-16/h2-6,9-10,13,18H,7-8,11-12H2,1H3. The predicted molar refractivity (Wildman–Crippen MR) is 88.5 cm³/mol. The maximum Gasteiger partial charge on any atom is 0.254 e. The number of piperazine rings is 1. The van der Waals surface area contributed by atoms with Gasteiger partial charge in [-0.25, -0.2) is 0 Å². The minimum atomic E-state index is 0.0786. The van der Waals surface area contributed by atoms with E-state index in [-0.39, 0.29) is 5.91 Å². The first kappa shape index (κ1) is 15.1. The second-order valence-corrected chi connectivity index (χ2v) is 6.53. The fourth-order valence-electron chi connectivity index (χ4n) is 2.57. The lowest BCUT2D eigenvalue weighted by atomic mass is 10.1. The molecule has 5 heteroatoms. The first-order chi connectivity index (χ1) is 10.7. The van der Waals surface area contributed by atoms with E-state index in [0.29, 0.717) is 18.2 Å². The molecule has 1 aromatic heterocycles. The molecule has 0 bridgehead atoms. The molecule has 2 aromatic rings. The molecule has 1 aliphatic rings. The van der Waals surface area contributed by atoms with Crippen LogP contribution >= 0.6 is 11.3 Å². The molecule has 1 N–H and O–H groups in total. The Kier molecular flexibility index (Phi) is 4.75. The van der Waals surface area contributed by atoms with Gasteiger partial charge in [0.2, 0.25) is 0 Å². The lowest BCUT2D eigenvalue weighted by molar-refractivity contribution is 0.0708. The van der Waals surface area contributed by atoms with Crippen LogP contribution in [0.5, 0.6) is 5.75 Å². The molecule has 1 saturated heterocycles. The highest BCUT2D eigenvalue weighted by molar-refractivity contribution is 7.09. The second kappa shape index (κ2) is 6.94. The van der Waals surface area contributed by atoms with E-state index in [9.17, 15) is 4.79 Å². The third-order valence-electron chi connectivity index (χ3n) is 3.70. The molecular weight excluding hydrogens is 296 g/mol. The minimum absolute atomic E-state index is 0.0786. The van der Waals surface area contributed by atoms with E-state index in [1.165, 1.54) is 4.88 Å². The van der Waals surface area contributed by atoms with Crippen molar-refractivity contribution in [2.24, 2.45) is 0 Å². The fraction of sp³-hybridized carbons (Fsp3) is 0.353. The van der Waals surface area contributed by atoms with Gasteiger partial charge in [-0.05, 0) is 36.6 Å². The van der Waals surface area contributed by atoms with E-state index in [1.807, 2.05) is 46.7 Å². The van der Waals surface area contributed by atoms with E-state index < -0.39 is 0 Å². The van der Waals surface area contributed by atoms with Gasteiger partial charge in [-0.15, -0.1) is 11.3 Å². The van der Waals surface area contributed by atoms with Crippen LogP contribution in [0.4, 0.5) is 0 Å². The first-order valence-corrected chi connectivity index (χ1v) is 8.38. The Morgan fingerprint density at radius 2 is 2.32 bits per heavy atom. The van der Waals surface area contributed by atoms with Crippen LogP contribution in [0.15, 0.2) is 41.8 Å². The Morgan fingerprint density at radius 3 is 3.09 bits per heavy atom. The number of nitrogens with zero attached hydrogens (tertiary/aromatic N) is 1. The van der Waals surface area contributed by atoms with Crippen LogP contribution in [0, 0.1) is 0 Å². The minimum Gasteiger partial charge on any atom is -0.488 e. The molecule has 0 spiro atoms. The molecule has 1 unspecified atom stereocenters. The molecule has 22 heavy (non-hydrogen) atoms. The number of amides is 1. The summed E-state index contributed by atoms with van der Waals surface area (Å²) in [6, 6.07) is 11.9. The van der Waals surface area contributed by atoms with Crippen LogP contribution in [0.2, 0.25) is 0 Å². The summed E-state index contributed by atoms with van der Waals surface area (Å²) in [5.74, 6) is 0.817. The maximum atomic E-state index is 12.6. The Labute approximate surface area is 134 Å². The number of nitrogens with one attached hydrogen (secondary N) is 1. The molecule has 0 radical (unpaired) electrons. The van der Waals surface area contributed by atoms with E-state index >= 15 is 0 Å². The van der Waals surface area contributed by atoms with E-state index in [1.54, 1.807) is 11.3 Å². The molecule has 2 heterocycles. The zero-order chi connectivity index (χ0) is 15.4. The number of hydrogen-bond acceptors (Lipinski definition) is 4. The largest absolute Gasteiger partial charge is 0.488 e. The molecule has 116 valence electrons. The van der Waals surface area contributed by atoms with Gasteiger partial charge in [0.1, 0.15) is 12.4 Å². The van der Waals surface area contributed by atoms with Crippen molar-refractivity contribution in [3.05, 3.63) is 52.2 Å². The summed E-state index contributed by atoms with van der Waals surface area (Å²) in [5, 5.41) is 5.38. The van der Waals surface area contributed by atoms with Crippen molar-refractivity contribution < 1.29 is 9.53 Å². The molecule has 1 aromatic carbocycles. The van der Waals surface area contributed by atoms with Gasteiger partial charge >= 0.3 is 0 Å². The molecule has 1 amide bonds. The molecule has 1 fully saturated rings. The van der Waals surface area contributed by atoms with Crippen molar-refractivity contribution in [3.63, 3.8) is 0 Å². The normalized spacial score (nSPS) is 18.2. The molecule has 0 saturated carbocycles. The maximum absolute atomic E-state index is 12.6. The van der Waals surface area contributed by atoms with Crippen molar-refractivity contribution in [2.75, 3.05) is 19.6 Å². The van der Waals surface area contributed by atoms with Crippen LogP contribution in [0.1, 0.15) is 22.2 Å². The van der Waals surface area contributed by atoms with Gasteiger partial charge in [-0.1, -0.05) is 12.1 Å². The van der Waals surface area contributed by atoms with Gasteiger partial charge in [0, 0.05) is 36.1 Å². The van der Waals surface area contributed by atoms with E-state index in [0.717, 1.165) is 25.4 Å². The summed E-state index contributed by atoms with van der Waals surface area (Å²) in [7, 11) is 0. The third-order valence-corrected chi connectivity index (χ3v) is 4.55. The first-order valence-electron chi connectivity index (χ1n) is 7.50. The molecule has 3 rings (SSSR count). The number of ether oxygens (including phenoxy) is 1. The monoisotopic (exact) mass is 316 g/mol. The Balaban J connectivity index is 1.66. The summed E-state index contributed by atoms with van der Waals surface area (Å²) in [6.07, 6.45) is 0. The zero-order valence-corrected chi connectivity index (χ0v) is 13.4. The van der Waals surface area contributed by atoms with E-state index in [4.69, 9.17) is 4.74 Å². The average molecular weight is 316 g/mol. The summed E-state index contributed by atoms with van der Waals surface area (Å²) >= 11 is 1.67. The SMILES string of the molecule is CC1CN(C(=O)c2cccc(OCc3cccs3)c2)CCN1. The van der Waals surface area contributed by atoms with Gasteiger partial charge in [-0.3, -0.25) is 4.79 Å². The molecule has 4 nitrogen and oxygen atoms in total.